The monoisotopic (exact) mass is 268 g/mol. The zero-order chi connectivity index (χ0) is 12.8. The fraction of sp³-hybridized carbons (Fsp3) is 0.571. The molecule has 1 atom stereocenters. The van der Waals surface area contributed by atoms with Crippen LogP contribution in [-0.2, 0) is 0 Å². The Hall–Kier alpha value is -0.770. The average Bonchev–Trinajstić information content (AvgIpc) is 2.46. The number of anilines is 1. The van der Waals surface area contributed by atoms with Crippen LogP contribution in [0.2, 0.25) is 0 Å². The van der Waals surface area contributed by atoms with Crippen LogP contribution < -0.4 is 10.6 Å². The highest BCUT2D eigenvalue weighted by molar-refractivity contribution is 6.18. The number of aliphatic hydroxyl groups excluding tert-OH is 1. The molecule has 0 aromatic heterocycles. The SMILES string of the molecule is OC(CCl)CNc1cccc(C2CCNCC2)c1. The average molecular weight is 269 g/mol. The Kier molecular flexibility index (Phi) is 5.29. The van der Waals surface area contributed by atoms with Gasteiger partial charge in [0, 0.05) is 12.2 Å². The van der Waals surface area contributed by atoms with E-state index in [2.05, 4.69) is 28.8 Å². The number of aliphatic hydroxyl groups is 1. The molecule has 100 valence electrons. The van der Waals surface area contributed by atoms with Crippen LogP contribution >= 0.6 is 11.6 Å². The summed E-state index contributed by atoms with van der Waals surface area (Å²) in [5.74, 6) is 0.923. The lowest BCUT2D eigenvalue weighted by Crippen LogP contribution is -2.26. The van der Waals surface area contributed by atoms with Crippen LogP contribution in [0.4, 0.5) is 5.69 Å². The first-order chi connectivity index (χ1) is 8.79. The second-order valence-electron chi connectivity index (χ2n) is 4.84. The topological polar surface area (TPSA) is 44.3 Å². The molecule has 0 saturated carbocycles. The fourth-order valence-corrected chi connectivity index (χ4v) is 2.46. The highest BCUT2D eigenvalue weighted by atomic mass is 35.5. The van der Waals surface area contributed by atoms with Crippen molar-refractivity contribution in [1.29, 1.82) is 0 Å². The lowest BCUT2D eigenvalue weighted by molar-refractivity contribution is 0.211. The molecule has 3 N–H and O–H groups in total. The summed E-state index contributed by atoms with van der Waals surface area (Å²) in [7, 11) is 0. The minimum atomic E-state index is -0.491. The molecule has 3 nitrogen and oxygen atoms in total. The van der Waals surface area contributed by atoms with E-state index in [0.29, 0.717) is 12.5 Å². The van der Waals surface area contributed by atoms with Crippen LogP contribution in [0.3, 0.4) is 0 Å². The van der Waals surface area contributed by atoms with Gasteiger partial charge in [-0.15, -0.1) is 11.6 Å². The van der Waals surface area contributed by atoms with Crippen molar-refractivity contribution in [2.45, 2.75) is 24.9 Å². The van der Waals surface area contributed by atoms with Gasteiger partial charge < -0.3 is 15.7 Å². The second-order valence-corrected chi connectivity index (χ2v) is 5.15. The Morgan fingerprint density at radius 3 is 2.89 bits per heavy atom. The second kappa shape index (κ2) is 6.98. The van der Waals surface area contributed by atoms with E-state index in [9.17, 15) is 5.11 Å². The molecule has 0 aliphatic carbocycles. The quantitative estimate of drug-likeness (QED) is 0.717. The lowest BCUT2D eigenvalue weighted by atomic mass is 9.90. The summed E-state index contributed by atoms with van der Waals surface area (Å²) >= 11 is 5.57. The van der Waals surface area contributed by atoms with E-state index in [1.807, 2.05) is 6.07 Å². The van der Waals surface area contributed by atoms with E-state index < -0.39 is 6.10 Å². The van der Waals surface area contributed by atoms with Crippen LogP contribution in [0.1, 0.15) is 24.3 Å². The summed E-state index contributed by atoms with van der Waals surface area (Å²) in [5, 5.41) is 16.0. The van der Waals surface area contributed by atoms with Crippen molar-refractivity contribution < 1.29 is 5.11 Å². The third kappa shape index (κ3) is 3.87. The van der Waals surface area contributed by atoms with Gasteiger partial charge in [-0.2, -0.15) is 0 Å². The number of piperidine rings is 1. The summed E-state index contributed by atoms with van der Waals surface area (Å²) < 4.78 is 0. The van der Waals surface area contributed by atoms with E-state index in [1.165, 1.54) is 18.4 Å². The number of rotatable bonds is 5. The lowest BCUT2D eigenvalue weighted by Gasteiger charge is -2.23. The minimum absolute atomic E-state index is 0.265. The van der Waals surface area contributed by atoms with E-state index >= 15 is 0 Å². The number of alkyl halides is 1. The molecule has 1 aromatic carbocycles. The first-order valence-corrected chi connectivity index (χ1v) is 7.11. The van der Waals surface area contributed by atoms with Gasteiger partial charge in [0.25, 0.3) is 0 Å². The predicted molar refractivity (Wildman–Crippen MR) is 76.5 cm³/mol. The molecule has 1 heterocycles. The van der Waals surface area contributed by atoms with Gasteiger partial charge in [-0.25, -0.2) is 0 Å². The Bertz CT molecular complexity index is 367. The van der Waals surface area contributed by atoms with Gasteiger partial charge in [0.15, 0.2) is 0 Å². The largest absolute Gasteiger partial charge is 0.390 e. The third-order valence-corrected chi connectivity index (χ3v) is 3.77. The van der Waals surface area contributed by atoms with Crippen LogP contribution in [0.5, 0.6) is 0 Å². The van der Waals surface area contributed by atoms with Crippen LogP contribution in [-0.4, -0.2) is 36.7 Å². The van der Waals surface area contributed by atoms with Crippen LogP contribution in [0.15, 0.2) is 24.3 Å². The zero-order valence-electron chi connectivity index (χ0n) is 10.5. The van der Waals surface area contributed by atoms with Gasteiger partial charge in [-0.05, 0) is 49.5 Å². The maximum absolute atomic E-state index is 9.43. The van der Waals surface area contributed by atoms with Crippen molar-refractivity contribution >= 4 is 17.3 Å². The van der Waals surface area contributed by atoms with Gasteiger partial charge in [-0.1, -0.05) is 12.1 Å². The molecular formula is C14H21ClN2O. The third-order valence-electron chi connectivity index (χ3n) is 3.42. The standard InChI is InChI=1S/C14H21ClN2O/c15-9-14(18)10-17-13-3-1-2-12(8-13)11-4-6-16-7-5-11/h1-3,8,11,14,16-18H,4-7,9-10H2. The molecule has 4 heteroatoms. The highest BCUT2D eigenvalue weighted by Crippen LogP contribution is 2.26. The molecule has 0 spiro atoms. The molecule has 18 heavy (non-hydrogen) atoms. The number of halogens is 1. The van der Waals surface area contributed by atoms with E-state index in [4.69, 9.17) is 11.6 Å². The molecule has 1 fully saturated rings. The Morgan fingerprint density at radius 2 is 2.17 bits per heavy atom. The van der Waals surface area contributed by atoms with Gasteiger partial charge in [-0.3, -0.25) is 0 Å². The number of hydrogen-bond acceptors (Lipinski definition) is 3. The van der Waals surface area contributed by atoms with Gasteiger partial charge in [0.1, 0.15) is 0 Å². The molecular weight excluding hydrogens is 248 g/mol. The molecule has 1 aliphatic heterocycles. The highest BCUT2D eigenvalue weighted by Gasteiger charge is 2.15. The maximum Gasteiger partial charge on any atom is 0.0847 e. The first kappa shape index (κ1) is 13.7. The van der Waals surface area contributed by atoms with Gasteiger partial charge in [0.2, 0.25) is 0 Å². The minimum Gasteiger partial charge on any atom is -0.390 e. The molecule has 1 saturated heterocycles. The summed E-state index contributed by atoms with van der Waals surface area (Å²) in [6.07, 6.45) is 1.91. The van der Waals surface area contributed by atoms with E-state index in [0.717, 1.165) is 18.8 Å². The Labute approximate surface area is 114 Å². The summed E-state index contributed by atoms with van der Waals surface area (Å²) in [5.41, 5.74) is 2.46. The van der Waals surface area contributed by atoms with Crippen LogP contribution in [0.25, 0.3) is 0 Å². The molecule has 2 rings (SSSR count). The molecule has 0 bridgehead atoms. The number of benzene rings is 1. The van der Waals surface area contributed by atoms with Crippen molar-refractivity contribution in [3.05, 3.63) is 29.8 Å². The van der Waals surface area contributed by atoms with Crippen LogP contribution in [0, 0.1) is 0 Å². The van der Waals surface area contributed by atoms with E-state index in [-0.39, 0.29) is 5.88 Å². The number of nitrogens with one attached hydrogen (secondary N) is 2. The molecule has 0 amide bonds. The Balaban J connectivity index is 1.96. The first-order valence-electron chi connectivity index (χ1n) is 6.58. The molecule has 1 unspecified atom stereocenters. The van der Waals surface area contributed by atoms with Crippen molar-refractivity contribution in [3.8, 4) is 0 Å². The van der Waals surface area contributed by atoms with Crippen molar-refractivity contribution in [1.82, 2.24) is 5.32 Å². The van der Waals surface area contributed by atoms with Gasteiger partial charge >= 0.3 is 0 Å². The predicted octanol–water partition coefficient (Wildman–Crippen LogP) is 2.17. The van der Waals surface area contributed by atoms with Crippen molar-refractivity contribution in [2.24, 2.45) is 0 Å². The van der Waals surface area contributed by atoms with Crippen molar-refractivity contribution in [3.63, 3.8) is 0 Å². The smallest absolute Gasteiger partial charge is 0.0847 e. The summed E-state index contributed by atoms with van der Waals surface area (Å²) in [6, 6.07) is 8.49. The zero-order valence-corrected chi connectivity index (χ0v) is 11.3. The molecule has 1 aliphatic rings. The normalized spacial score (nSPS) is 18.6. The van der Waals surface area contributed by atoms with E-state index in [1.54, 1.807) is 0 Å². The molecule has 1 aromatic rings. The number of hydrogen-bond donors (Lipinski definition) is 3. The summed E-state index contributed by atoms with van der Waals surface area (Å²) in [4.78, 5) is 0. The van der Waals surface area contributed by atoms with Gasteiger partial charge in [0.05, 0.1) is 12.0 Å². The fourth-order valence-electron chi connectivity index (χ4n) is 2.35. The Morgan fingerprint density at radius 1 is 1.39 bits per heavy atom. The summed E-state index contributed by atoms with van der Waals surface area (Å²) in [6.45, 7) is 2.71. The molecule has 0 radical (unpaired) electrons. The van der Waals surface area contributed by atoms with Crippen molar-refractivity contribution in [2.75, 3.05) is 30.8 Å². The maximum atomic E-state index is 9.43.